The second kappa shape index (κ2) is 7.75. The zero-order valence-electron chi connectivity index (χ0n) is 14.1. The second-order valence-electron chi connectivity index (χ2n) is 5.91. The van der Waals surface area contributed by atoms with E-state index >= 15 is 0 Å². The van der Waals surface area contributed by atoms with Crippen molar-refractivity contribution in [2.75, 3.05) is 6.54 Å². The summed E-state index contributed by atoms with van der Waals surface area (Å²) in [5.74, 6) is -0.301. The minimum absolute atomic E-state index is 0.0730. The molecule has 128 valence electrons. The predicted molar refractivity (Wildman–Crippen MR) is 96.4 cm³/mol. The summed E-state index contributed by atoms with van der Waals surface area (Å²) in [6.45, 7) is 3.09. The van der Waals surface area contributed by atoms with E-state index in [9.17, 15) is 9.59 Å². The van der Waals surface area contributed by atoms with Gasteiger partial charge < -0.3 is 9.32 Å². The first-order chi connectivity index (χ1) is 12.2. The van der Waals surface area contributed by atoms with Gasteiger partial charge in [-0.3, -0.25) is 14.6 Å². The molecule has 25 heavy (non-hydrogen) atoms. The molecule has 0 bridgehead atoms. The Hall–Kier alpha value is -2.95. The standard InChI is InChI=1S/C20H20N2O3/c1-2-3-12-22(13-15-8-10-21-11-9-15)20(24)17-14-25-18-7-5-4-6-16(18)19(17)23/h4-11,14H,2-3,12-13H2,1H3. The summed E-state index contributed by atoms with van der Waals surface area (Å²) < 4.78 is 5.49. The first-order valence-electron chi connectivity index (χ1n) is 8.39. The molecule has 3 rings (SSSR count). The fourth-order valence-electron chi connectivity index (χ4n) is 2.71. The molecule has 0 saturated heterocycles. The van der Waals surface area contributed by atoms with E-state index < -0.39 is 0 Å². The van der Waals surface area contributed by atoms with Crippen LogP contribution in [-0.4, -0.2) is 22.3 Å². The first-order valence-corrected chi connectivity index (χ1v) is 8.39. The lowest BCUT2D eigenvalue weighted by Gasteiger charge is -2.22. The van der Waals surface area contributed by atoms with Crippen molar-refractivity contribution in [2.45, 2.75) is 26.3 Å². The van der Waals surface area contributed by atoms with E-state index in [0.29, 0.717) is 24.1 Å². The summed E-state index contributed by atoms with van der Waals surface area (Å²) in [5.41, 5.74) is 1.25. The summed E-state index contributed by atoms with van der Waals surface area (Å²) in [6, 6.07) is 10.7. The Balaban J connectivity index is 1.94. The molecule has 0 spiro atoms. The van der Waals surface area contributed by atoms with Gasteiger partial charge in [0.2, 0.25) is 5.43 Å². The molecule has 2 heterocycles. The molecule has 0 aliphatic heterocycles. The lowest BCUT2D eigenvalue weighted by molar-refractivity contribution is 0.0737. The van der Waals surface area contributed by atoms with Gasteiger partial charge in [0.05, 0.1) is 5.39 Å². The van der Waals surface area contributed by atoms with E-state index in [2.05, 4.69) is 11.9 Å². The zero-order chi connectivity index (χ0) is 17.6. The Bertz CT molecular complexity index is 919. The number of benzene rings is 1. The molecule has 0 radical (unpaired) electrons. The first kappa shape index (κ1) is 16.9. The Morgan fingerprint density at radius 2 is 1.92 bits per heavy atom. The van der Waals surface area contributed by atoms with Crippen LogP contribution in [-0.2, 0) is 6.54 Å². The molecule has 0 unspecified atom stereocenters. The van der Waals surface area contributed by atoms with Crippen LogP contribution in [0.3, 0.4) is 0 Å². The zero-order valence-corrected chi connectivity index (χ0v) is 14.1. The van der Waals surface area contributed by atoms with E-state index in [4.69, 9.17) is 4.42 Å². The third-order valence-corrected chi connectivity index (χ3v) is 4.10. The van der Waals surface area contributed by atoms with Crippen molar-refractivity contribution in [3.63, 3.8) is 0 Å². The SMILES string of the molecule is CCCCN(Cc1ccncc1)C(=O)c1coc2ccccc2c1=O. The van der Waals surface area contributed by atoms with Gasteiger partial charge in [0.15, 0.2) is 0 Å². The highest BCUT2D eigenvalue weighted by molar-refractivity contribution is 5.96. The topological polar surface area (TPSA) is 63.4 Å². The van der Waals surface area contributed by atoms with Gasteiger partial charge >= 0.3 is 0 Å². The lowest BCUT2D eigenvalue weighted by atomic mass is 10.1. The van der Waals surface area contributed by atoms with Gasteiger partial charge in [-0.15, -0.1) is 0 Å². The van der Waals surface area contributed by atoms with Crippen molar-refractivity contribution < 1.29 is 9.21 Å². The maximum atomic E-state index is 13.0. The van der Waals surface area contributed by atoms with Crippen molar-refractivity contribution in [3.8, 4) is 0 Å². The largest absolute Gasteiger partial charge is 0.463 e. The quantitative estimate of drug-likeness (QED) is 0.689. The molecule has 2 aromatic heterocycles. The van der Waals surface area contributed by atoms with Gasteiger partial charge in [-0.05, 0) is 36.2 Å². The van der Waals surface area contributed by atoms with Crippen LogP contribution >= 0.6 is 0 Å². The Labute approximate surface area is 145 Å². The molecule has 0 atom stereocenters. The van der Waals surface area contributed by atoms with Crippen molar-refractivity contribution in [1.82, 2.24) is 9.88 Å². The number of amides is 1. The number of hydrogen-bond acceptors (Lipinski definition) is 4. The van der Waals surface area contributed by atoms with Crippen molar-refractivity contribution in [3.05, 3.63) is 76.4 Å². The van der Waals surface area contributed by atoms with Crippen molar-refractivity contribution >= 4 is 16.9 Å². The van der Waals surface area contributed by atoms with Crippen molar-refractivity contribution in [2.24, 2.45) is 0 Å². The van der Waals surface area contributed by atoms with E-state index in [0.717, 1.165) is 18.4 Å². The number of aromatic nitrogens is 1. The molecule has 3 aromatic rings. The normalized spacial score (nSPS) is 10.8. The highest BCUT2D eigenvalue weighted by atomic mass is 16.3. The van der Waals surface area contributed by atoms with Crippen LogP contribution < -0.4 is 5.43 Å². The number of para-hydroxylation sites is 1. The summed E-state index contributed by atoms with van der Waals surface area (Å²) in [5, 5.41) is 0.424. The van der Waals surface area contributed by atoms with Crippen LogP contribution in [0.1, 0.15) is 35.7 Å². The third kappa shape index (κ3) is 3.76. The lowest BCUT2D eigenvalue weighted by Crippen LogP contribution is -2.34. The maximum absolute atomic E-state index is 13.0. The molecule has 0 aliphatic rings. The predicted octanol–water partition coefficient (Wildman–Crippen LogP) is 3.63. The number of pyridine rings is 1. The number of carbonyl (C=O) groups excluding carboxylic acids is 1. The fourth-order valence-corrected chi connectivity index (χ4v) is 2.71. The molecular weight excluding hydrogens is 316 g/mol. The van der Waals surface area contributed by atoms with Gasteiger partial charge in [-0.1, -0.05) is 25.5 Å². The van der Waals surface area contributed by atoms with Crippen molar-refractivity contribution in [1.29, 1.82) is 0 Å². The number of nitrogens with zero attached hydrogens (tertiary/aromatic N) is 2. The Kier molecular flexibility index (Phi) is 5.23. The Morgan fingerprint density at radius 1 is 1.16 bits per heavy atom. The number of rotatable bonds is 6. The average Bonchev–Trinajstić information content (AvgIpc) is 2.66. The number of unbranched alkanes of at least 4 members (excludes halogenated alkanes) is 1. The van der Waals surface area contributed by atoms with Gasteiger partial charge in [0.1, 0.15) is 17.4 Å². The second-order valence-corrected chi connectivity index (χ2v) is 5.91. The number of carbonyl (C=O) groups is 1. The van der Waals surface area contributed by atoms with Crippen LogP contribution in [0.5, 0.6) is 0 Å². The highest BCUT2D eigenvalue weighted by Crippen LogP contribution is 2.14. The van der Waals surface area contributed by atoms with E-state index in [-0.39, 0.29) is 16.9 Å². The van der Waals surface area contributed by atoms with Crippen LogP contribution in [0, 0.1) is 0 Å². The molecule has 0 aliphatic carbocycles. The molecule has 0 N–H and O–H groups in total. The van der Waals surface area contributed by atoms with E-state index in [1.807, 2.05) is 12.1 Å². The molecule has 1 aromatic carbocycles. The van der Waals surface area contributed by atoms with E-state index in [1.54, 1.807) is 41.6 Å². The van der Waals surface area contributed by atoms with Crippen LogP contribution in [0.25, 0.3) is 11.0 Å². The number of hydrogen-bond donors (Lipinski definition) is 0. The highest BCUT2D eigenvalue weighted by Gasteiger charge is 2.20. The van der Waals surface area contributed by atoms with Gasteiger partial charge in [-0.2, -0.15) is 0 Å². The molecule has 0 saturated carbocycles. The summed E-state index contributed by atoms with van der Waals surface area (Å²) >= 11 is 0. The van der Waals surface area contributed by atoms with Gasteiger partial charge in [0, 0.05) is 25.5 Å². The van der Waals surface area contributed by atoms with E-state index in [1.165, 1.54) is 6.26 Å². The molecule has 0 fully saturated rings. The number of fused-ring (bicyclic) bond motifs is 1. The monoisotopic (exact) mass is 336 g/mol. The minimum Gasteiger partial charge on any atom is -0.463 e. The molecular formula is C20H20N2O3. The summed E-state index contributed by atoms with van der Waals surface area (Å²) in [6.07, 6.45) is 6.51. The Morgan fingerprint density at radius 3 is 2.68 bits per heavy atom. The summed E-state index contributed by atoms with van der Waals surface area (Å²) in [4.78, 5) is 31.3. The molecule has 5 nitrogen and oxygen atoms in total. The minimum atomic E-state index is -0.301. The summed E-state index contributed by atoms with van der Waals surface area (Å²) in [7, 11) is 0. The average molecular weight is 336 g/mol. The van der Waals surface area contributed by atoms with Crippen LogP contribution in [0.2, 0.25) is 0 Å². The smallest absolute Gasteiger partial charge is 0.261 e. The van der Waals surface area contributed by atoms with Gasteiger partial charge in [-0.25, -0.2) is 0 Å². The van der Waals surface area contributed by atoms with Gasteiger partial charge in [0.25, 0.3) is 5.91 Å². The fraction of sp³-hybridized carbons (Fsp3) is 0.250. The maximum Gasteiger partial charge on any atom is 0.261 e. The molecule has 1 amide bonds. The van der Waals surface area contributed by atoms with Crippen LogP contribution in [0.15, 0.2) is 64.3 Å². The molecule has 5 heteroatoms. The third-order valence-electron chi connectivity index (χ3n) is 4.10. The van der Waals surface area contributed by atoms with Crippen LogP contribution in [0.4, 0.5) is 0 Å².